The first kappa shape index (κ1) is 12.5. The zero-order valence-corrected chi connectivity index (χ0v) is 12.3. The van der Waals surface area contributed by atoms with Gasteiger partial charge in [-0.3, -0.25) is 0 Å². The molecule has 0 saturated heterocycles. The summed E-state index contributed by atoms with van der Waals surface area (Å²) in [6.07, 6.45) is 1.99. The molecule has 0 radical (unpaired) electrons. The fourth-order valence-corrected chi connectivity index (χ4v) is 3.92. The third kappa shape index (κ3) is 1.88. The van der Waals surface area contributed by atoms with Gasteiger partial charge in [0.15, 0.2) is 0 Å². The first-order valence-electron chi connectivity index (χ1n) is 4.87. The van der Waals surface area contributed by atoms with E-state index in [0.29, 0.717) is 0 Å². The molecule has 5 nitrogen and oxygen atoms in total. The van der Waals surface area contributed by atoms with Crippen LogP contribution in [0.5, 0.6) is 0 Å². The second-order valence-electron chi connectivity index (χ2n) is 3.61. The van der Waals surface area contributed by atoms with Crippen molar-refractivity contribution >= 4 is 54.8 Å². The molecule has 2 aliphatic rings. The molecule has 0 aromatic heterocycles. The molecule has 0 amide bonds. The van der Waals surface area contributed by atoms with Crippen LogP contribution in [0.4, 0.5) is 11.4 Å². The SMILES string of the molecule is CSC1=C2Nc3ccc(S(=O)(=O)Cl)cc3N2NS1. The summed E-state index contributed by atoms with van der Waals surface area (Å²) in [5.74, 6) is 0.923. The number of fused-ring (bicyclic) bond motifs is 3. The van der Waals surface area contributed by atoms with Gasteiger partial charge in [0.1, 0.15) is 5.82 Å². The molecule has 1 aromatic carbocycles. The maximum atomic E-state index is 11.3. The van der Waals surface area contributed by atoms with Crippen LogP contribution in [0.1, 0.15) is 0 Å². The van der Waals surface area contributed by atoms with Crippen molar-refractivity contribution < 1.29 is 8.42 Å². The number of nitrogens with one attached hydrogen (secondary N) is 2. The predicted molar refractivity (Wildman–Crippen MR) is 76.9 cm³/mol. The van der Waals surface area contributed by atoms with Crippen molar-refractivity contribution in [2.75, 3.05) is 16.6 Å². The van der Waals surface area contributed by atoms with Crippen LogP contribution in [-0.2, 0) is 9.05 Å². The number of halogens is 1. The van der Waals surface area contributed by atoms with E-state index in [4.69, 9.17) is 10.7 Å². The molecule has 96 valence electrons. The van der Waals surface area contributed by atoms with E-state index in [1.807, 2.05) is 11.3 Å². The standard InChI is InChI=1S/C9H8ClN3O2S3/c1-16-9-8-11-6-3-2-5(18(10,14)15)4-7(6)13(8)12-17-9/h2-4,11-12H,1H3. The Kier molecular flexibility index (Phi) is 2.94. The largest absolute Gasteiger partial charge is 0.337 e. The van der Waals surface area contributed by atoms with Crippen molar-refractivity contribution in [3.05, 3.63) is 28.3 Å². The van der Waals surface area contributed by atoms with E-state index in [9.17, 15) is 8.42 Å². The minimum atomic E-state index is -3.71. The summed E-state index contributed by atoms with van der Waals surface area (Å²) in [6, 6.07) is 4.75. The first-order chi connectivity index (χ1) is 8.50. The van der Waals surface area contributed by atoms with Crippen LogP contribution >= 0.6 is 34.4 Å². The number of benzene rings is 1. The molecule has 0 unspecified atom stereocenters. The topological polar surface area (TPSA) is 61.4 Å². The van der Waals surface area contributed by atoms with Gasteiger partial charge in [-0.2, -0.15) is 4.83 Å². The van der Waals surface area contributed by atoms with Gasteiger partial charge in [-0.15, -0.1) is 11.8 Å². The zero-order valence-electron chi connectivity index (χ0n) is 9.10. The molecule has 0 atom stereocenters. The molecule has 0 fully saturated rings. The Hall–Kier alpha value is -0.540. The number of hydrazine groups is 1. The number of hydrogen-bond donors (Lipinski definition) is 2. The monoisotopic (exact) mass is 321 g/mol. The highest BCUT2D eigenvalue weighted by molar-refractivity contribution is 8.21. The van der Waals surface area contributed by atoms with Gasteiger partial charge in [0.2, 0.25) is 0 Å². The number of thioether (sulfide) groups is 1. The van der Waals surface area contributed by atoms with E-state index in [1.165, 1.54) is 18.0 Å². The molecule has 2 heterocycles. The normalized spacial score (nSPS) is 17.8. The minimum Gasteiger partial charge on any atom is -0.337 e. The summed E-state index contributed by atoms with van der Waals surface area (Å²) in [4.78, 5) is 3.20. The van der Waals surface area contributed by atoms with Crippen LogP contribution < -0.4 is 15.2 Å². The average Bonchev–Trinajstić information content (AvgIpc) is 2.84. The Labute approximate surface area is 117 Å². The lowest BCUT2D eigenvalue weighted by molar-refractivity contribution is 0.609. The summed E-state index contributed by atoms with van der Waals surface area (Å²) in [5, 5.41) is 5.06. The van der Waals surface area contributed by atoms with Crippen LogP contribution in [0.25, 0.3) is 0 Å². The molecular formula is C9H8ClN3O2S3. The van der Waals surface area contributed by atoms with E-state index < -0.39 is 9.05 Å². The quantitative estimate of drug-likeness (QED) is 0.641. The molecule has 0 aliphatic carbocycles. The third-order valence-corrected chi connectivity index (χ3v) is 5.89. The minimum absolute atomic E-state index is 0.0929. The Morgan fingerprint density at radius 1 is 1.44 bits per heavy atom. The van der Waals surface area contributed by atoms with E-state index in [2.05, 4.69) is 10.1 Å². The highest BCUT2D eigenvalue weighted by Gasteiger charge is 2.33. The van der Waals surface area contributed by atoms with Gasteiger partial charge in [-0.1, -0.05) is 0 Å². The molecule has 2 N–H and O–H groups in total. The van der Waals surface area contributed by atoms with Crippen LogP contribution in [-0.4, -0.2) is 14.7 Å². The van der Waals surface area contributed by atoms with Crippen molar-refractivity contribution in [1.29, 1.82) is 0 Å². The Morgan fingerprint density at radius 3 is 2.89 bits per heavy atom. The molecular weight excluding hydrogens is 314 g/mol. The second kappa shape index (κ2) is 4.24. The molecule has 1 aromatic rings. The van der Waals surface area contributed by atoms with Gasteiger partial charge in [0, 0.05) is 10.7 Å². The van der Waals surface area contributed by atoms with E-state index in [0.717, 1.165) is 21.4 Å². The van der Waals surface area contributed by atoms with Crippen LogP contribution in [0.15, 0.2) is 33.2 Å². The Balaban J connectivity index is 2.10. The number of rotatable bonds is 2. The van der Waals surface area contributed by atoms with Gasteiger partial charge in [0.05, 0.1) is 20.5 Å². The summed E-state index contributed by atoms with van der Waals surface area (Å²) in [7, 11) is 1.64. The maximum Gasteiger partial charge on any atom is 0.261 e. The van der Waals surface area contributed by atoms with Gasteiger partial charge < -0.3 is 5.32 Å². The van der Waals surface area contributed by atoms with E-state index in [-0.39, 0.29) is 4.90 Å². The number of anilines is 2. The highest BCUT2D eigenvalue weighted by Crippen LogP contribution is 2.46. The van der Waals surface area contributed by atoms with E-state index >= 15 is 0 Å². The van der Waals surface area contributed by atoms with Gasteiger partial charge in [-0.25, -0.2) is 13.4 Å². The number of hydrogen-bond acceptors (Lipinski definition) is 7. The van der Waals surface area contributed by atoms with Gasteiger partial charge in [-0.05, 0) is 36.4 Å². The fourth-order valence-electron chi connectivity index (χ4n) is 1.77. The lowest BCUT2D eigenvalue weighted by atomic mass is 10.3. The summed E-state index contributed by atoms with van der Waals surface area (Å²) in [5.41, 5.74) is 1.61. The fraction of sp³-hybridized carbons (Fsp3) is 0.111. The summed E-state index contributed by atoms with van der Waals surface area (Å²) in [6.45, 7) is 0. The lowest BCUT2D eigenvalue weighted by Gasteiger charge is -2.12. The van der Waals surface area contributed by atoms with Crippen LogP contribution in [0, 0.1) is 0 Å². The van der Waals surface area contributed by atoms with Crippen molar-refractivity contribution in [3.8, 4) is 0 Å². The molecule has 18 heavy (non-hydrogen) atoms. The summed E-state index contributed by atoms with van der Waals surface area (Å²) < 4.78 is 23.8. The average molecular weight is 322 g/mol. The molecule has 0 bridgehead atoms. The first-order valence-corrected chi connectivity index (χ1v) is 9.22. The second-order valence-corrected chi connectivity index (χ2v) is 8.05. The molecule has 9 heteroatoms. The van der Waals surface area contributed by atoms with Gasteiger partial charge >= 0.3 is 0 Å². The van der Waals surface area contributed by atoms with Crippen molar-refractivity contribution in [1.82, 2.24) is 4.83 Å². The van der Waals surface area contributed by atoms with Crippen molar-refractivity contribution in [2.45, 2.75) is 4.90 Å². The number of nitrogens with zero attached hydrogens (tertiary/aromatic N) is 1. The van der Waals surface area contributed by atoms with Crippen molar-refractivity contribution in [3.63, 3.8) is 0 Å². The Morgan fingerprint density at radius 2 is 2.22 bits per heavy atom. The van der Waals surface area contributed by atoms with E-state index in [1.54, 1.807) is 23.9 Å². The molecule has 0 spiro atoms. The molecule has 2 aliphatic heterocycles. The predicted octanol–water partition coefficient (Wildman–Crippen LogP) is 2.50. The Bertz CT molecular complexity index is 659. The van der Waals surface area contributed by atoms with Crippen LogP contribution in [0.2, 0.25) is 0 Å². The van der Waals surface area contributed by atoms with Gasteiger partial charge in [0.25, 0.3) is 9.05 Å². The third-order valence-electron chi connectivity index (χ3n) is 2.58. The smallest absolute Gasteiger partial charge is 0.261 e. The maximum absolute atomic E-state index is 11.3. The lowest BCUT2D eigenvalue weighted by Crippen LogP contribution is -2.25. The zero-order chi connectivity index (χ0) is 12.9. The summed E-state index contributed by atoms with van der Waals surface area (Å²) >= 11 is 3.11. The van der Waals surface area contributed by atoms with Crippen molar-refractivity contribution in [2.24, 2.45) is 0 Å². The van der Waals surface area contributed by atoms with Crippen LogP contribution in [0.3, 0.4) is 0 Å². The molecule has 3 rings (SSSR count). The highest BCUT2D eigenvalue weighted by atomic mass is 35.7. The molecule has 0 saturated carbocycles.